The van der Waals surface area contributed by atoms with Crippen molar-refractivity contribution in [2.45, 2.75) is 24.4 Å². The van der Waals surface area contributed by atoms with Gasteiger partial charge in [0.2, 0.25) is 17.7 Å². The molecule has 3 fully saturated rings. The van der Waals surface area contributed by atoms with Crippen LogP contribution in [0, 0.1) is 11.8 Å². The van der Waals surface area contributed by atoms with Gasteiger partial charge in [0.1, 0.15) is 5.54 Å². The molecule has 0 saturated carbocycles. The van der Waals surface area contributed by atoms with Gasteiger partial charge >= 0.3 is 0 Å². The summed E-state index contributed by atoms with van der Waals surface area (Å²) >= 11 is 6.92. The predicted molar refractivity (Wildman–Crippen MR) is 118 cm³/mol. The average Bonchev–Trinajstić information content (AvgIpc) is 3.42. The molecule has 0 aromatic heterocycles. The molecule has 6 rings (SSSR count). The second-order valence-corrected chi connectivity index (χ2v) is 10.1. The number of nitrogens with zero attached hydrogens (tertiary/aromatic N) is 2. The van der Waals surface area contributed by atoms with Crippen molar-refractivity contribution < 1.29 is 14.4 Å². The number of benzene rings is 2. The molecule has 0 unspecified atom stereocenters. The molecule has 4 heterocycles. The van der Waals surface area contributed by atoms with Gasteiger partial charge in [-0.15, -0.1) is 0 Å². The van der Waals surface area contributed by atoms with E-state index in [9.17, 15) is 14.4 Å². The smallest absolute Gasteiger partial charge is 0.250 e. The number of nitrogens with one attached hydrogen (secondary N) is 1. The van der Waals surface area contributed by atoms with E-state index < -0.39 is 17.4 Å². The number of rotatable bonds is 1. The largest absolute Gasteiger partial charge is 0.324 e. The Hall–Kier alpha value is -2.03. The lowest BCUT2D eigenvalue weighted by Gasteiger charge is -2.36. The summed E-state index contributed by atoms with van der Waals surface area (Å²) < 4.78 is 1.72. The summed E-state index contributed by atoms with van der Waals surface area (Å²) in [7, 11) is 0. The van der Waals surface area contributed by atoms with E-state index in [-0.39, 0.29) is 23.8 Å². The van der Waals surface area contributed by atoms with Gasteiger partial charge in [0.05, 0.1) is 17.5 Å². The van der Waals surface area contributed by atoms with Crippen LogP contribution < -0.4 is 10.2 Å². The molecule has 4 atom stereocenters. The van der Waals surface area contributed by atoms with Crippen molar-refractivity contribution in [2.75, 3.05) is 16.8 Å². The van der Waals surface area contributed by atoms with Gasteiger partial charge in [0, 0.05) is 26.2 Å². The highest BCUT2D eigenvalue weighted by Gasteiger charge is 2.74. The van der Waals surface area contributed by atoms with Crippen LogP contribution >= 0.6 is 31.9 Å². The standard InChI is InChI=1S/C22H17Br2N3O3/c23-11-3-6-13(7-4-11)27-19(28)17-16-2-1-9-26(16)22(18(17)20(27)29)14-10-12(24)5-8-15(14)25-21(22)30/h3-8,10,16-18H,1-2,9H2,(H,25,30)/t16-,17+,18+,22-/m0/s1. The van der Waals surface area contributed by atoms with Crippen molar-refractivity contribution >= 4 is 61.0 Å². The van der Waals surface area contributed by atoms with Gasteiger partial charge < -0.3 is 5.32 Å². The van der Waals surface area contributed by atoms with E-state index >= 15 is 0 Å². The number of amides is 3. The molecule has 3 saturated heterocycles. The zero-order valence-corrected chi connectivity index (χ0v) is 18.9. The Morgan fingerprint density at radius 3 is 2.47 bits per heavy atom. The summed E-state index contributed by atoms with van der Waals surface area (Å²) in [6.45, 7) is 0.704. The topological polar surface area (TPSA) is 69.7 Å². The Kier molecular flexibility index (Phi) is 3.90. The summed E-state index contributed by atoms with van der Waals surface area (Å²) in [5.41, 5.74) is 0.925. The molecule has 0 aliphatic carbocycles. The number of hydrogen-bond donors (Lipinski definition) is 1. The lowest BCUT2D eigenvalue weighted by atomic mass is 9.75. The number of carbonyl (C=O) groups excluding carboxylic acids is 3. The lowest BCUT2D eigenvalue weighted by Crippen LogP contribution is -2.54. The molecule has 3 amide bonds. The number of imide groups is 1. The van der Waals surface area contributed by atoms with Crippen LogP contribution in [0.1, 0.15) is 18.4 Å². The van der Waals surface area contributed by atoms with Gasteiger partial charge in [0.15, 0.2) is 0 Å². The normalized spacial score (nSPS) is 32.0. The SMILES string of the molecule is O=C1[C@@H]2[C@@H]3CCCN3[C@]3(C(=O)Nc4ccc(Br)cc43)[C@H]2C(=O)N1c1ccc(Br)cc1. The Morgan fingerprint density at radius 1 is 0.967 bits per heavy atom. The van der Waals surface area contributed by atoms with Crippen LogP contribution in [0.4, 0.5) is 11.4 Å². The Morgan fingerprint density at radius 2 is 1.70 bits per heavy atom. The second kappa shape index (κ2) is 6.24. The monoisotopic (exact) mass is 529 g/mol. The molecule has 2 aromatic rings. The highest BCUT2D eigenvalue weighted by Crippen LogP contribution is 2.60. The number of fused-ring (bicyclic) bond motifs is 7. The van der Waals surface area contributed by atoms with Crippen molar-refractivity contribution in [1.29, 1.82) is 0 Å². The Balaban J connectivity index is 1.56. The van der Waals surface area contributed by atoms with Crippen molar-refractivity contribution in [3.05, 3.63) is 57.0 Å². The van der Waals surface area contributed by atoms with Crippen molar-refractivity contribution in [3.8, 4) is 0 Å². The summed E-state index contributed by atoms with van der Waals surface area (Å²) in [6, 6.07) is 12.7. The zero-order chi connectivity index (χ0) is 20.8. The minimum atomic E-state index is -1.14. The third kappa shape index (κ3) is 2.14. The maximum absolute atomic E-state index is 13.8. The molecule has 0 radical (unpaired) electrons. The fourth-order valence-corrected chi connectivity index (χ4v) is 6.65. The Labute approximate surface area is 189 Å². The third-order valence-corrected chi connectivity index (χ3v) is 8.06. The van der Waals surface area contributed by atoms with Gasteiger partial charge in [-0.2, -0.15) is 0 Å². The summed E-state index contributed by atoms with van der Waals surface area (Å²) in [5.74, 6) is -1.93. The molecular formula is C22H17Br2N3O3. The van der Waals surface area contributed by atoms with Crippen LogP contribution in [0.15, 0.2) is 51.4 Å². The van der Waals surface area contributed by atoms with Crippen molar-refractivity contribution in [2.24, 2.45) is 11.8 Å². The van der Waals surface area contributed by atoms with Crippen LogP contribution in [0.2, 0.25) is 0 Å². The molecule has 1 N–H and O–H groups in total. The average molecular weight is 531 g/mol. The van der Waals surface area contributed by atoms with Crippen molar-refractivity contribution in [3.63, 3.8) is 0 Å². The van der Waals surface area contributed by atoms with E-state index in [1.807, 2.05) is 30.3 Å². The highest BCUT2D eigenvalue weighted by molar-refractivity contribution is 9.10. The van der Waals surface area contributed by atoms with E-state index in [4.69, 9.17) is 0 Å². The molecule has 2 aromatic carbocycles. The van der Waals surface area contributed by atoms with Gasteiger partial charge in [-0.1, -0.05) is 31.9 Å². The summed E-state index contributed by atoms with van der Waals surface area (Å²) in [4.78, 5) is 44.3. The fraction of sp³-hybridized carbons (Fsp3) is 0.318. The van der Waals surface area contributed by atoms with Crippen LogP contribution in [0.5, 0.6) is 0 Å². The van der Waals surface area contributed by atoms with Gasteiger partial charge in [0.25, 0.3) is 0 Å². The lowest BCUT2D eigenvalue weighted by molar-refractivity contribution is -0.135. The number of halogens is 2. The van der Waals surface area contributed by atoms with Crippen LogP contribution in [0.25, 0.3) is 0 Å². The van der Waals surface area contributed by atoms with Crippen molar-refractivity contribution in [1.82, 2.24) is 4.90 Å². The minimum absolute atomic E-state index is 0.109. The van der Waals surface area contributed by atoms with Gasteiger partial charge in [-0.05, 0) is 61.9 Å². The van der Waals surface area contributed by atoms with E-state index in [1.165, 1.54) is 4.90 Å². The minimum Gasteiger partial charge on any atom is -0.324 e. The quantitative estimate of drug-likeness (QED) is 0.571. The second-order valence-electron chi connectivity index (χ2n) is 8.31. The highest BCUT2D eigenvalue weighted by atomic mass is 79.9. The summed E-state index contributed by atoms with van der Waals surface area (Å²) in [5, 5.41) is 2.99. The van der Waals surface area contributed by atoms with E-state index in [2.05, 4.69) is 42.1 Å². The van der Waals surface area contributed by atoms with Crippen LogP contribution in [-0.4, -0.2) is 35.2 Å². The number of anilines is 2. The molecular weight excluding hydrogens is 514 g/mol. The van der Waals surface area contributed by atoms with E-state index in [1.54, 1.807) is 12.1 Å². The maximum atomic E-state index is 13.8. The number of hydrogen-bond acceptors (Lipinski definition) is 4. The molecule has 8 heteroatoms. The first-order valence-electron chi connectivity index (χ1n) is 9.96. The molecule has 6 nitrogen and oxygen atoms in total. The zero-order valence-electron chi connectivity index (χ0n) is 15.8. The third-order valence-electron chi connectivity index (χ3n) is 7.04. The molecule has 4 aliphatic rings. The fourth-order valence-electron chi connectivity index (χ4n) is 6.02. The molecule has 0 bridgehead atoms. The van der Waals surface area contributed by atoms with Crippen LogP contribution in [0.3, 0.4) is 0 Å². The van der Waals surface area contributed by atoms with Gasteiger partial charge in [-0.3, -0.25) is 19.3 Å². The Bertz CT molecular complexity index is 1130. The first-order chi connectivity index (χ1) is 14.4. The van der Waals surface area contributed by atoms with Crippen LogP contribution in [-0.2, 0) is 19.9 Å². The van der Waals surface area contributed by atoms with E-state index in [0.717, 1.165) is 33.0 Å². The molecule has 152 valence electrons. The first kappa shape index (κ1) is 18.7. The maximum Gasteiger partial charge on any atom is 0.250 e. The first-order valence-corrected chi connectivity index (χ1v) is 11.5. The van der Waals surface area contributed by atoms with Gasteiger partial charge in [-0.25, -0.2) is 4.90 Å². The summed E-state index contributed by atoms with van der Waals surface area (Å²) in [6.07, 6.45) is 1.72. The van der Waals surface area contributed by atoms with E-state index in [0.29, 0.717) is 12.2 Å². The number of carbonyl (C=O) groups is 3. The predicted octanol–water partition coefficient (Wildman–Crippen LogP) is 3.64. The molecule has 4 aliphatic heterocycles. The molecule has 30 heavy (non-hydrogen) atoms. The molecule has 1 spiro atoms.